The average Bonchev–Trinajstić information content (AvgIpc) is 2.70. The molecule has 1 aromatic heterocycles. The van der Waals surface area contributed by atoms with Crippen LogP contribution in [0.25, 0.3) is 15.6 Å². The van der Waals surface area contributed by atoms with Gasteiger partial charge in [-0.2, -0.15) is 5.10 Å². The molecule has 0 aliphatic carbocycles. The first-order valence-corrected chi connectivity index (χ1v) is 9.70. The largest absolute Gasteiger partial charge is 0.495 e. The first kappa shape index (κ1) is 26.7. The summed E-state index contributed by atoms with van der Waals surface area (Å²) in [6.07, 6.45) is 1.51. The second kappa shape index (κ2) is 11.4. The molecule has 0 amide bonds. The summed E-state index contributed by atoms with van der Waals surface area (Å²) in [7, 11) is 1.59. The summed E-state index contributed by atoms with van der Waals surface area (Å²) >= 11 is 6.21. The van der Waals surface area contributed by atoms with Crippen LogP contribution in [0.5, 0.6) is 5.75 Å². The first-order valence-electron chi connectivity index (χ1n) is 9.32. The molecule has 9 heteroatoms. The number of aromatic nitrogens is 2. The summed E-state index contributed by atoms with van der Waals surface area (Å²) in [5, 5.41) is 14.5. The van der Waals surface area contributed by atoms with Crippen molar-refractivity contribution in [3.05, 3.63) is 64.1 Å². The average molecular weight is 483 g/mol. The molecule has 3 rings (SSSR count). The van der Waals surface area contributed by atoms with Crippen LogP contribution in [0.1, 0.15) is 31.5 Å². The maximum atomic E-state index is 7.33. The molecular formula is C22H26Cl3N5O. The van der Waals surface area contributed by atoms with Crippen molar-refractivity contribution in [2.24, 2.45) is 5.73 Å². The molecule has 0 saturated carbocycles. The SMILES string of the molecule is Cl.Cl.[C-]#[N+]c1ccc2c(CCC(C)(C)N)nnc(NCc3ccc(OC)c(Cl)c3)c2c1. The summed E-state index contributed by atoms with van der Waals surface area (Å²) in [5.74, 6) is 1.27. The van der Waals surface area contributed by atoms with Gasteiger partial charge >= 0.3 is 0 Å². The second-order valence-corrected chi connectivity index (χ2v) is 8.06. The van der Waals surface area contributed by atoms with Crippen LogP contribution in [-0.4, -0.2) is 22.8 Å². The number of anilines is 1. The normalized spacial score (nSPS) is 10.6. The summed E-state index contributed by atoms with van der Waals surface area (Å²) in [4.78, 5) is 3.55. The van der Waals surface area contributed by atoms with Crippen LogP contribution in [0.3, 0.4) is 0 Å². The van der Waals surface area contributed by atoms with E-state index in [-0.39, 0.29) is 30.4 Å². The number of fused-ring (bicyclic) bond motifs is 1. The molecule has 0 fully saturated rings. The number of methoxy groups -OCH3 is 1. The Morgan fingerprint density at radius 1 is 1.13 bits per heavy atom. The Balaban J connectivity index is 0.00000240. The molecule has 0 saturated heterocycles. The van der Waals surface area contributed by atoms with Gasteiger partial charge in [-0.15, -0.1) is 29.9 Å². The van der Waals surface area contributed by atoms with Crippen molar-refractivity contribution in [1.29, 1.82) is 0 Å². The van der Waals surface area contributed by atoms with Crippen molar-refractivity contribution in [2.75, 3.05) is 12.4 Å². The number of benzene rings is 2. The molecule has 6 nitrogen and oxygen atoms in total. The van der Waals surface area contributed by atoms with Crippen molar-refractivity contribution >= 4 is 58.7 Å². The van der Waals surface area contributed by atoms with E-state index in [1.54, 1.807) is 13.2 Å². The molecule has 0 unspecified atom stereocenters. The maximum Gasteiger partial charge on any atom is 0.188 e. The van der Waals surface area contributed by atoms with Crippen LogP contribution in [0.15, 0.2) is 36.4 Å². The molecule has 0 bridgehead atoms. The molecule has 3 N–H and O–H groups in total. The lowest BCUT2D eigenvalue weighted by Gasteiger charge is -2.18. The van der Waals surface area contributed by atoms with Gasteiger partial charge in [0, 0.05) is 22.9 Å². The Morgan fingerprint density at radius 2 is 1.87 bits per heavy atom. The zero-order chi connectivity index (χ0) is 21.0. The highest BCUT2D eigenvalue weighted by Gasteiger charge is 2.15. The Morgan fingerprint density at radius 3 is 2.48 bits per heavy atom. The van der Waals surface area contributed by atoms with Crippen molar-refractivity contribution in [2.45, 2.75) is 38.8 Å². The van der Waals surface area contributed by atoms with E-state index in [9.17, 15) is 0 Å². The Kier molecular flexibility index (Phi) is 9.79. The minimum absolute atomic E-state index is 0. The first-order chi connectivity index (χ1) is 13.8. The monoisotopic (exact) mass is 481 g/mol. The molecule has 3 aromatic rings. The van der Waals surface area contributed by atoms with Crippen LogP contribution in [0.2, 0.25) is 5.02 Å². The van der Waals surface area contributed by atoms with Crippen LogP contribution < -0.4 is 15.8 Å². The number of ether oxygens (including phenoxy) is 1. The van der Waals surface area contributed by atoms with E-state index >= 15 is 0 Å². The molecule has 166 valence electrons. The number of nitrogens with zero attached hydrogens (tertiary/aromatic N) is 3. The van der Waals surface area contributed by atoms with Crippen LogP contribution in [0, 0.1) is 6.57 Å². The highest BCUT2D eigenvalue weighted by molar-refractivity contribution is 6.32. The van der Waals surface area contributed by atoms with Crippen LogP contribution in [-0.2, 0) is 13.0 Å². The van der Waals surface area contributed by atoms with Crippen LogP contribution >= 0.6 is 36.4 Å². The molecule has 0 aliphatic rings. The van der Waals surface area contributed by atoms with E-state index < -0.39 is 0 Å². The van der Waals surface area contributed by atoms with E-state index in [1.165, 1.54) is 0 Å². The highest BCUT2D eigenvalue weighted by Crippen LogP contribution is 2.30. The number of hydrogen-bond donors (Lipinski definition) is 2. The van der Waals surface area contributed by atoms with Crippen molar-refractivity contribution in [3.63, 3.8) is 0 Å². The maximum absolute atomic E-state index is 7.33. The lowest BCUT2D eigenvalue weighted by atomic mass is 9.97. The zero-order valence-electron chi connectivity index (χ0n) is 17.6. The lowest BCUT2D eigenvalue weighted by molar-refractivity contribution is 0.415. The zero-order valence-corrected chi connectivity index (χ0v) is 20.0. The van der Waals surface area contributed by atoms with Gasteiger partial charge in [-0.25, -0.2) is 4.85 Å². The molecule has 31 heavy (non-hydrogen) atoms. The summed E-state index contributed by atoms with van der Waals surface area (Å²) in [6.45, 7) is 11.8. The smallest absolute Gasteiger partial charge is 0.188 e. The van der Waals surface area contributed by atoms with Gasteiger partial charge < -0.3 is 15.8 Å². The fraction of sp³-hybridized carbons (Fsp3) is 0.318. The Labute approximate surface area is 200 Å². The fourth-order valence-electron chi connectivity index (χ4n) is 3.03. The van der Waals surface area contributed by atoms with Gasteiger partial charge in [0.25, 0.3) is 0 Å². The number of rotatable bonds is 7. The molecule has 2 aromatic carbocycles. The topological polar surface area (TPSA) is 77.4 Å². The van der Waals surface area contributed by atoms with Gasteiger partial charge in [-0.3, -0.25) is 0 Å². The van der Waals surface area contributed by atoms with E-state index in [4.69, 9.17) is 28.6 Å². The number of aryl methyl sites for hydroxylation is 1. The minimum Gasteiger partial charge on any atom is -0.495 e. The minimum atomic E-state index is -0.283. The molecule has 0 atom stereocenters. The number of nitrogens with two attached hydrogens (primary N) is 1. The summed E-state index contributed by atoms with van der Waals surface area (Å²) in [5.41, 5.74) is 8.28. The lowest BCUT2D eigenvalue weighted by Crippen LogP contribution is -2.32. The second-order valence-electron chi connectivity index (χ2n) is 7.65. The van der Waals surface area contributed by atoms with E-state index in [0.29, 0.717) is 28.8 Å². The molecule has 0 radical (unpaired) electrons. The number of hydrogen-bond acceptors (Lipinski definition) is 5. The van der Waals surface area contributed by atoms with Crippen LogP contribution in [0.4, 0.5) is 11.5 Å². The quantitative estimate of drug-likeness (QED) is 0.406. The van der Waals surface area contributed by atoms with Gasteiger partial charge in [-0.1, -0.05) is 29.8 Å². The fourth-order valence-corrected chi connectivity index (χ4v) is 3.31. The van der Waals surface area contributed by atoms with Crippen molar-refractivity contribution in [1.82, 2.24) is 10.2 Å². The van der Waals surface area contributed by atoms with Gasteiger partial charge in [-0.05, 0) is 50.5 Å². The van der Waals surface area contributed by atoms with Gasteiger partial charge in [0.15, 0.2) is 11.5 Å². The predicted octanol–water partition coefficient (Wildman–Crippen LogP) is 5.97. The predicted molar refractivity (Wildman–Crippen MR) is 132 cm³/mol. The van der Waals surface area contributed by atoms with E-state index in [1.807, 2.05) is 44.2 Å². The summed E-state index contributed by atoms with van der Waals surface area (Å²) < 4.78 is 5.19. The molecular weight excluding hydrogens is 457 g/mol. The molecule has 1 heterocycles. The third kappa shape index (κ3) is 6.84. The van der Waals surface area contributed by atoms with Crippen molar-refractivity contribution in [3.8, 4) is 5.75 Å². The molecule has 0 aliphatic heterocycles. The number of halogens is 3. The summed E-state index contributed by atoms with van der Waals surface area (Å²) in [6, 6.07) is 11.2. The van der Waals surface area contributed by atoms with Crippen molar-refractivity contribution < 1.29 is 4.74 Å². The Hall–Kier alpha value is -2.30. The molecule has 0 spiro atoms. The Bertz CT molecular complexity index is 1080. The highest BCUT2D eigenvalue weighted by atomic mass is 35.5. The van der Waals surface area contributed by atoms with E-state index in [2.05, 4.69) is 20.4 Å². The van der Waals surface area contributed by atoms with Gasteiger partial charge in [0.2, 0.25) is 0 Å². The standard InChI is InChI=1S/C22H24ClN5O.2ClH/c1-22(2,24)10-9-19-16-7-6-15(25-3)12-17(16)21(28-27-19)26-13-14-5-8-20(29-4)18(23)11-14;;/h5-8,11-12H,9-10,13,24H2,1-2,4H3,(H,26,28);2*1H. The van der Waals surface area contributed by atoms with Gasteiger partial charge in [0.05, 0.1) is 24.4 Å². The number of nitrogens with one attached hydrogen (secondary N) is 1. The third-order valence-corrected chi connectivity index (χ3v) is 4.95. The third-order valence-electron chi connectivity index (χ3n) is 4.65. The van der Waals surface area contributed by atoms with Gasteiger partial charge in [0.1, 0.15) is 5.75 Å². The van der Waals surface area contributed by atoms with E-state index in [0.717, 1.165) is 34.9 Å².